The zero-order chi connectivity index (χ0) is 22.1. The third kappa shape index (κ3) is 8.44. The molecule has 1 amide bonds. The number of halogens is 4. The smallest absolute Gasteiger partial charge is 0.387 e. The molecular formula is C21H26F4N2O3. The molecule has 30 heavy (non-hydrogen) atoms. The highest BCUT2D eigenvalue weighted by Gasteiger charge is 2.19. The molecule has 1 aromatic rings. The van der Waals surface area contributed by atoms with Gasteiger partial charge in [-0.3, -0.25) is 9.69 Å². The second-order valence-corrected chi connectivity index (χ2v) is 7.15. The molecule has 0 unspecified atom stereocenters. The summed E-state index contributed by atoms with van der Waals surface area (Å²) in [6.45, 7) is 0.496. The quantitative estimate of drug-likeness (QED) is 0.357. The molecule has 0 spiro atoms. The summed E-state index contributed by atoms with van der Waals surface area (Å²) in [4.78, 5) is 14.5. The van der Waals surface area contributed by atoms with Crippen molar-refractivity contribution in [3.05, 3.63) is 41.5 Å². The molecule has 1 aliphatic heterocycles. The lowest BCUT2D eigenvalue weighted by atomic mass is 10.0. The van der Waals surface area contributed by atoms with Crippen LogP contribution in [0.25, 0.3) is 6.08 Å². The largest absolute Gasteiger partial charge is 0.435 e. The van der Waals surface area contributed by atoms with Crippen LogP contribution in [0.1, 0.15) is 32.3 Å². The molecule has 0 bridgehead atoms. The zero-order valence-electron chi connectivity index (χ0n) is 16.9. The number of allylic oxidation sites excluding steroid dienone is 1. The average Bonchev–Trinajstić information content (AvgIpc) is 2.66. The number of nitrogens with zero attached hydrogens (tertiary/aromatic N) is 1. The molecule has 1 aromatic carbocycles. The Morgan fingerprint density at radius 1 is 1.17 bits per heavy atom. The van der Waals surface area contributed by atoms with Crippen LogP contribution in [0.2, 0.25) is 0 Å². The highest BCUT2D eigenvalue weighted by atomic mass is 19.3. The fraction of sp³-hybridized carbons (Fsp3) is 0.476. The molecule has 0 saturated carbocycles. The van der Waals surface area contributed by atoms with Crippen LogP contribution in [0.5, 0.6) is 11.5 Å². The van der Waals surface area contributed by atoms with Crippen molar-refractivity contribution in [1.29, 1.82) is 0 Å². The first kappa shape index (κ1) is 23.7. The first-order chi connectivity index (χ1) is 14.2. The number of rotatable bonds is 9. The number of ether oxygens (including phenoxy) is 2. The first-order valence-electron chi connectivity index (χ1n) is 9.61. The van der Waals surface area contributed by atoms with Crippen molar-refractivity contribution in [2.45, 2.75) is 46.0 Å². The number of carbonyl (C=O) groups is 1. The van der Waals surface area contributed by atoms with Crippen molar-refractivity contribution >= 4 is 12.0 Å². The highest BCUT2D eigenvalue weighted by molar-refractivity contribution is 5.92. The van der Waals surface area contributed by atoms with Gasteiger partial charge in [0, 0.05) is 43.4 Å². The summed E-state index contributed by atoms with van der Waals surface area (Å²) in [7, 11) is 0. The summed E-state index contributed by atoms with van der Waals surface area (Å²) in [5.74, 6) is -1.05. The predicted octanol–water partition coefficient (Wildman–Crippen LogP) is 4.45. The van der Waals surface area contributed by atoms with Gasteiger partial charge < -0.3 is 14.8 Å². The van der Waals surface area contributed by atoms with E-state index in [9.17, 15) is 22.4 Å². The topological polar surface area (TPSA) is 50.8 Å². The second kappa shape index (κ2) is 11.6. The Labute approximate surface area is 173 Å². The normalized spacial score (nSPS) is 15.6. The number of carbonyl (C=O) groups excluding carboxylic acids is 1. The van der Waals surface area contributed by atoms with E-state index >= 15 is 0 Å². The number of likely N-dealkylation sites (tertiary alicyclic amines) is 1. The number of piperidine rings is 1. The minimum absolute atomic E-state index is 0.0312. The minimum atomic E-state index is -3.15. The van der Waals surface area contributed by atoms with Crippen LogP contribution >= 0.6 is 0 Å². The van der Waals surface area contributed by atoms with Crippen LogP contribution in [0.15, 0.2) is 35.9 Å². The summed E-state index contributed by atoms with van der Waals surface area (Å²) < 4.78 is 58.4. The third-order valence-electron chi connectivity index (χ3n) is 4.53. The van der Waals surface area contributed by atoms with Gasteiger partial charge in [0.2, 0.25) is 5.91 Å². The van der Waals surface area contributed by atoms with E-state index in [0.29, 0.717) is 0 Å². The van der Waals surface area contributed by atoms with Crippen molar-refractivity contribution in [3.8, 4) is 11.5 Å². The predicted molar refractivity (Wildman–Crippen MR) is 106 cm³/mol. The van der Waals surface area contributed by atoms with Crippen LogP contribution in [-0.2, 0) is 4.79 Å². The Kier molecular flexibility index (Phi) is 9.16. The Hall–Kier alpha value is -2.55. The molecule has 1 fully saturated rings. The van der Waals surface area contributed by atoms with E-state index in [1.165, 1.54) is 29.9 Å². The Morgan fingerprint density at radius 2 is 1.83 bits per heavy atom. The van der Waals surface area contributed by atoms with Gasteiger partial charge in [-0.2, -0.15) is 17.6 Å². The fourth-order valence-electron chi connectivity index (χ4n) is 3.01. The van der Waals surface area contributed by atoms with Crippen LogP contribution in [0, 0.1) is 0 Å². The standard InChI is InChI=1S/C21H26F4N2O3/c1-14(2)7-10-27-11-8-16(9-12-27)26-19(28)6-4-15-3-5-17(29-20(22)23)13-18(15)30-21(24)25/h3-7,13,16,20-21H,8-12H2,1-2H3,(H,26,28)/b6-4+. The van der Waals surface area contributed by atoms with Crippen molar-refractivity contribution in [2.75, 3.05) is 19.6 Å². The van der Waals surface area contributed by atoms with E-state index < -0.39 is 13.2 Å². The van der Waals surface area contributed by atoms with Gasteiger partial charge in [-0.1, -0.05) is 11.6 Å². The summed E-state index contributed by atoms with van der Waals surface area (Å²) in [5.41, 5.74) is 1.41. The summed E-state index contributed by atoms with van der Waals surface area (Å²) >= 11 is 0. The van der Waals surface area contributed by atoms with E-state index in [1.54, 1.807) is 0 Å². The minimum Gasteiger partial charge on any atom is -0.435 e. The van der Waals surface area contributed by atoms with Gasteiger partial charge in [-0.25, -0.2) is 0 Å². The van der Waals surface area contributed by atoms with Crippen molar-refractivity contribution in [2.24, 2.45) is 0 Å². The molecule has 5 nitrogen and oxygen atoms in total. The third-order valence-corrected chi connectivity index (χ3v) is 4.53. The summed E-state index contributed by atoms with van der Waals surface area (Å²) in [6, 6.07) is 3.41. The zero-order valence-corrected chi connectivity index (χ0v) is 16.9. The molecule has 0 radical (unpaired) electrons. The Bertz CT molecular complexity index is 757. The van der Waals surface area contributed by atoms with Crippen molar-refractivity contribution in [1.82, 2.24) is 10.2 Å². The number of nitrogens with one attached hydrogen (secondary N) is 1. The Morgan fingerprint density at radius 3 is 2.43 bits per heavy atom. The van der Waals surface area contributed by atoms with Gasteiger partial charge in [-0.15, -0.1) is 0 Å². The fourth-order valence-corrected chi connectivity index (χ4v) is 3.01. The molecule has 9 heteroatoms. The maximum Gasteiger partial charge on any atom is 0.387 e. The van der Waals surface area contributed by atoms with E-state index in [2.05, 4.69) is 39.6 Å². The first-order valence-corrected chi connectivity index (χ1v) is 9.61. The van der Waals surface area contributed by atoms with Gasteiger partial charge in [0.15, 0.2) is 0 Å². The SMILES string of the molecule is CC(C)=CCN1CCC(NC(=O)/C=C/c2ccc(OC(F)F)cc2OC(F)F)CC1. The van der Waals surface area contributed by atoms with Crippen LogP contribution < -0.4 is 14.8 Å². The lowest BCUT2D eigenvalue weighted by Gasteiger charge is -2.31. The maximum absolute atomic E-state index is 12.6. The van der Waals surface area contributed by atoms with E-state index in [0.717, 1.165) is 38.5 Å². The molecular weight excluding hydrogens is 404 g/mol. The lowest BCUT2D eigenvalue weighted by Crippen LogP contribution is -2.44. The molecule has 1 aliphatic rings. The number of benzene rings is 1. The van der Waals surface area contributed by atoms with Crippen molar-refractivity contribution < 1.29 is 31.8 Å². The molecule has 1 heterocycles. The van der Waals surface area contributed by atoms with E-state index in [4.69, 9.17) is 0 Å². The van der Waals surface area contributed by atoms with Gasteiger partial charge in [-0.05, 0) is 44.9 Å². The molecule has 0 aromatic heterocycles. The lowest BCUT2D eigenvalue weighted by molar-refractivity contribution is -0.117. The summed E-state index contributed by atoms with van der Waals surface area (Å²) in [6.07, 6.45) is 6.30. The van der Waals surface area contributed by atoms with Crippen molar-refractivity contribution in [3.63, 3.8) is 0 Å². The molecule has 0 atom stereocenters. The molecule has 1 N–H and O–H groups in total. The van der Waals surface area contributed by atoms with Crippen LogP contribution in [0.4, 0.5) is 17.6 Å². The number of hydrogen-bond donors (Lipinski definition) is 1. The Balaban J connectivity index is 1.93. The van der Waals surface area contributed by atoms with E-state index in [1.807, 2.05) is 0 Å². The van der Waals surface area contributed by atoms with Gasteiger partial charge in [0.05, 0.1) is 0 Å². The van der Waals surface area contributed by atoms with E-state index in [-0.39, 0.29) is 29.0 Å². The average molecular weight is 430 g/mol. The number of hydrogen-bond acceptors (Lipinski definition) is 4. The second-order valence-electron chi connectivity index (χ2n) is 7.15. The van der Waals surface area contributed by atoms with Crippen LogP contribution in [-0.4, -0.2) is 49.7 Å². The van der Waals surface area contributed by atoms with Gasteiger partial charge in [0.1, 0.15) is 11.5 Å². The summed E-state index contributed by atoms with van der Waals surface area (Å²) in [5, 5.41) is 2.89. The molecule has 1 saturated heterocycles. The van der Waals surface area contributed by atoms with Gasteiger partial charge >= 0.3 is 13.2 Å². The maximum atomic E-state index is 12.6. The number of alkyl halides is 4. The highest BCUT2D eigenvalue weighted by Crippen LogP contribution is 2.28. The molecule has 0 aliphatic carbocycles. The number of amides is 1. The molecule has 166 valence electrons. The van der Waals surface area contributed by atoms with Crippen LogP contribution in [0.3, 0.4) is 0 Å². The monoisotopic (exact) mass is 430 g/mol. The van der Waals surface area contributed by atoms with Gasteiger partial charge in [0.25, 0.3) is 0 Å². The molecule has 2 rings (SSSR count).